The summed E-state index contributed by atoms with van der Waals surface area (Å²) in [6, 6.07) is 11.1. The number of fused-ring (bicyclic) bond motifs is 1. The van der Waals surface area contributed by atoms with Crippen LogP contribution >= 0.6 is 0 Å². The van der Waals surface area contributed by atoms with Crippen LogP contribution in [0.15, 0.2) is 42.6 Å². The zero-order valence-corrected chi connectivity index (χ0v) is 20.6. The number of ether oxygens (including phenoxy) is 1. The van der Waals surface area contributed by atoms with Gasteiger partial charge in [-0.2, -0.15) is 9.97 Å². The summed E-state index contributed by atoms with van der Waals surface area (Å²) >= 11 is 0. The van der Waals surface area contributed by atoms with Gasteiger partial charge in [0.05, 0.1) is 18.2 Å². The monoisotopic (exact) mass is 486 g/mol. The van der Waals surface area contributed by atoms with E-state index in [4.69, 9.17) is 14.7 Å². The number of hydrogen-bond donors (Lipinski definition) is 5. The normalized spacial score (nSPS) is 13.6. The van der Waals surface area contributed by atoms with E-state index >= 15 is 0 Å². The first-order valence-corrected chi connectivity index (χ1v) is 12.1. The molecule has 2 heterocycles. The van der Waals surface area contributed by atoms with Crippen molar-refractivity contribution in [1.82, 2.24) is 20.3 Å². The van der Waals surface area contributed by atoms with Crippen molar-refractivity contribution in [1.29, 1.82) is 0 Å². The second-order valence-electron chi connectivity index (χ2n) is 9.07. The van der Waals surface area contributed by atoms with E-state index < -0.39 is 0 Å². The third-order valence-electron chi connectivity index (χ3n) is 6.67. The summed E-state index contributed by atoms with van der Waals surface area (Å²) in [4.78, 5) is 24.9. The van der Waals surface area contributed by atoms with Crippen molar-refractivity contribution in [2.75, 3.05) is 24.8 Å². The molecule has 0 spiro atoms. The van der Waals surface area contributed by atoms with Gasteiger partial charge in [0, 0.05) is 30.4 Å². The molecule has 5 N–H and O–H groups in total. The molecule has 36 heavy (non-hydrogen) atoms. The minimum atomic E-state index is -0.191. The summed E-state index contributed by atoms with van der Waals surface area (Å²) in [5.41, 5.74) is 4.58. The van der Waals surface area contributed by atoms with Crippen LogP contribution < -0.4 is 20.7 Å². The SMILES string of the molecule is CNC(=O)c1ccc(Nc2nc(NC3CCCC3)c3c(-c4ccc(O)c(C)c4)c[nH]c3n2)c(OC)c1. The van der Waals surface area contributed by atoms with E-state index in [0.29, 0.717) is 34.6 Å². The molecule has 0 radical (unpaired) electrons. The van der Waals surface area contributed by atoms with Crippen molar-refractivity contribution in [2.24, 2.45) is 0 Å². The Morgan fingerprint density at radius 3 is 2.67 bits per heavy atom. The van der Waals surface area contributed by atoms with Crippen molar-refractivity contribution in [2.45, 2.75) is 38.6 Å². The van der Waals surface area contributed by atoms with Gasteiger partial charge < -0.3 is 30.8 Å². The van der Waals surface area contributed by atoms with Crippen LogP contribution in [0.2, 0.25) is 0 Å². The molecule has 1 aliphatic rings. The van der Waals surface area contributed by atoms with Crippen LogP contribution in [0, 0.1) is 6.92 Å². The Bertz CT molecular complexity index is 1420. The number of benzene rings is 2. The van der Waals surface area contributed by atoms with Gasteiger partial charge in [-0.05, 0) is 61.2 Å². The van der Waals surface area contributed by atoms with E-state index in [1.54, 1.807) is 38.4 Å². The van der Waals surface area contributed by atoms with E-state index in [1.807, 2.05) is 25.3 Å². The Morgan fingerprint density at radius 1 is 1.14 bits per heavy atom. The molecule has 0 aliphatic heterocycles. The average molecular weight is 487 g/mol. The van der Waals surface area contributed by atoms with Gasteiger partial charge in [-0.25, -0.2) is 0 Å². The summed E-state index contributed by atoms with van der Waals surface area (Å²) in [6.07, 6.45) is 6.52. The number of H-pyrrole nitrogens is 1. The van der Waals surface area contributed by atoms with Gasteiger partial charge in [-0.15, -0.1) is 0 Å². The molecule has 0 bridgehead atoms. The highest BCUT2D eigenvalue weighted by molar-refractivity contribution is 6.02. The van der Waals surface area contributed by atoms with Gasteiger partial charge >= 0.3 is 0 Å². The molecular formula is C27H30N6O3. The number of aromatic amines is 1. The van der Waals surface area contributed by atoms with Crippen molar-refractivity contribution < 1.29 is 14.6 Å². The topological polar surface area (TPSA) is 124 Å². The lowest BCUT2D eigenvalue weighted by Crippen LogP contribution is -2.18. The number of aromatic nitrogens is 3. The summed E-state index contributed by atoms with van der Waals surface area (Å²) in [5.74, 6) is 1.74. The molecule has 0 unspecified atom stereocenters. The fourth-order valence-corrected chi connectivity index (χ4v) is 4.71. The maximum Gasteiger partial charge on any atom is 0.251 e. The highest BCUT2D eigenvalue weighted by Crippen LogP contribution is 2.37. The number of hydrogen-bond acceptors (Lipinski definition) is 7. The highest BCUT2D eigenvalue weighted by Gasteiger charge is 2.21. The number of rotatable bonds is 7. The van der Waals surface area contributed by atoms with Crippen LogP contribution in [0.4, 0.5) is 17.5 Å². The summed E-state index contributed by atoms with van der Waals surface area (Å²) in [7, 11) is 3.15. The molecule has 1 aliphatic carbocycles. The van der Waals surface area contributed by atoms with Crippen LogP contribution in [-0.2, 0) is 0 Å². The van der Waals surface area contributed by atoms with Gasteiger partial charge in [-0.3, -0.25) is 4.79 Å². The fraction of sp³-hybridized carbons (Fsp3) is 0.296. The molecule has 5 rings (SSSR count). The Labute approximate surface area is 209 Å². The molecule has 9 heteroatoms. The fourth-order valence-electron chi connectivity index (χ4n) is 4.71. The maximum absolute atomic E-state index is 12.0. The first-order chi connectivity index (χ1) is 17.5. The first kappa shape index (κ1) is 23.5. The number of anilines is 3. The van der Waals surface area contributed by atoms with Crippen molar-refractivity contribution in [3.63, 3.8) is 0 Å². The van der Waals surface area contributed by atoms with E-state index in [1.165, 1.54) is 12.8 Å². The molecule has 2 aromatic carbocycles. The van der Waals surface area contributed by atoms with Crippen LogP contribution in [0.25, 0.3) is 22.2 Å². The third-order valence-corrected chi connectivity index (χ3v) is 6.67. The number of aryl methyl sites for hydroxylation is 1. The van der Waals surface area contributed by atoms with E-state index in [9.17, 15) is 9.90 Å². The quantitative estimate of drug-likeness (QED) is 0.246. The van der Waals surface area contributed by atoms with Gasteiger partial charge in [0.1, 0.15) is 23.0 Å². The number of nitrogens with zero attached hydrogens (tertiary/aromatic N) is 2. The smallest absolute Gasteiger partial charge is 0.251 e. The summed E-state index contributed by atoms with van der Waals surface area (Å²) in [5, 5.41) is 20.4. The van der Waals surface area contributed by atoms with E-state index in [-0.39, 0.29) is 11.7 Å². The van der Waals surface area contributed by atoms with Crippen LogP contribution in [0.1, 0.15) is 41.6 Å². The van der Waals surface area contributed by atoms with E-state index in [2.05, 4.69) is 20.9 Å². The van der Waals surface area contributed by atoms with Gasteiger partial charge in [0.25, 0.3) is 5.91 Å². The molecule has 1 amide bonds. The van der Waals surface area contributed by atoms with Crippen LogP contribution in [0.3, 0.4) is 0 Å². The van der Waals surface area contributed by atoms with Crippen molar-refractivity contribution in [3.05, 3.63) is 53.7 Å². The zero-order valence-electron chi connectivity index (χ0n) is 20.6. The molecule has 186 valence electrons. The molecule has 1 saturated carbocycles. The molecule has 1 fully saturated rings. The number of aromatic hydroxyl groups is 1. The first-order valence-electron chi connectivity index (χ1n) is 12.1. The number of phenols is 1. The lowest BCUT2D eigenvalue weighted by atomic mass is 10.0. The number of phenolic OH excluding ortho intramolecular Hbond substituents is 1. The molecule has 2 aromatic heterocycles. The standard InChI is InChI=1S/C27H30N6O3/c1-15-12-16(9-11-21(15)34)19-14-29-24-23(19)25(30-18-6-4-5-7-18)33-27(32-24)31-20-10-8-17(26(35)28-2)13-22(20)36-3/h8-14,18,34H,4-7H2,1-3H3,(H,28,35)(H3,29,30,31,32,33). The number of amides is 1. The predicted molar refractivity (Wildman–Crippen MR) is 141 cm³/mol. The van der Waals surface area contributed by atoms with Gasteiger partial charge in [0.2, 0.25) is 5.95 Å². The Hall–Kier alpha value is -4.27. The van der Waals surface area contributed by atoms with Gasteiger partial charge in [0.15, 0.2) is 0 Å². The minimum absolute atomic E-state index is 0.191. The number of carbonyl (C=O) groups is 1. The van der Waals surface area contributed by atoms with Crippen molar-refractivity contribution in [3.8, 4) is 22.6 Å². The Kier molecular flexibility index (Phi) is 6.37. The van der Waals surface area contributed by atoms with Crippen molar-refractivity contribution >= 4 is 34.4 Å². The van der Waals surface area contributed by atoms with E-state index in [0.717, 1.165) is 40.7 Å². The number of carbonyl (C=O) groups excluding carboxylic acids is 1. The Balaban J connectivity index is 1.57. The third kappa shape index (κ3) is 4.51. The lowest BCUT2D eigenvalue weighted by molar-refractivity contribution is 0.0963. The molecular weight excluding hydrogens is 456 g/mol. The molecule has 0 saturated heterocycles. The highest BCUT2D eigenvalue weighted by atomic mass is 16.5. The molecule has 0 atom stereocenters. The zero-order chi connectivity index (χ0) is 25.2. The average Bonchev–Trinajstić information content (AvgIpc) is 3.55. The lowest BCUT2D eigenvalue weighted by Gasteiger charge is -2.17. The summed E-state index contributed by atoms with van der Waals surface area (Å²) < 4.78 is 5.52. The molecule has 4 aromatic rings. The second kappa shape index (κ2) is 9.77. The predicted octanol–water partition coefficient (Wildman–Crippen LogP) is 5.11. The molecule has 9 nitrogen and oxygen atoms in total. The second-order valence-corrected chi connectivity index (χ2v) is 9.07. The number of nitrogens with one attached hydrogen (secondary N) is 4. The number of methoxy groups -OCH3 is 1. The van der Waals surface area contributed by atoms with Gasteiger partial charge in [-0.1, -0.05) is 18.9 Å². The Morgan fingerprint density at radius 2 is 1.94 bits per heavy atom. The summed E-state index contributed by atoms with van der Waals surface area (Å²) in [6.45, 7) is 1.88. The largest absolute Gasteiger partial charge is 0.508 e. The minimum Gasteiger partial charge on any atom is -0.508 e. The maximum atomic E-state index is 12.0. The van der Waals surface area contributed by atoms with Crippen LogP contribution in [-0.4, -0.2) is 46.2 Å². The van der Waals surface area contributed by atoms with Crippen LogP contribution in [0.5, 0.6) is 11.5 Å².